The highest BCUT2D eigenvalue weighted by molar-refractivity contribution is 5.75. The molecule has 0 fully saturated rings. The third-order valence-electron chi connectivity index (χ3n) is 4.17. The molecule has 2 amide bonds. The summed E-state index contributed by atoms with van der Waals surface area (Å²) < 4.78 is 23.3. The predicted molar refractivity (Wildman–Crippen MR) is 101 cm³/mol. The fourth-order valence-electron chi connectivity index (χ4n) is 2.78. The highest BCUT2D eigenvalue weighted by Gasteiger charge is 2.20. The number of amides is 2. The lowest BCUT2D eigenvalue weighted by molar-refractivity contribution is -0.145. The molecule has 0 aliphatic rings. The van der Waals surface area contributed by atoms with E-state index in [1.54, 1.807) is 12.1 Å². The Balaban J connectivity index is 1.61. The molecule has 150 valence electrons. The van der Waals surface area contributed by atoms with Crippen molar-refractivity contribution in [2.75, 3.05) is 0 Å². The number of esters is 1. The molecular weight excluding hydrogens is 379 g/mol. The van der Waals surface area contributed by atoms with Gasteiger partial charge in [-0.15, -0.1) is 0 Å². The van der Waals surface area contributed by atoms with Crippen LogP contribution in [0.1, 0.15) is 29.4 Å². The molecule has 0 radical (unpaired) electrons. The van der Waals surface area contributed by atoms with Crippen LogP contribution in [0.3, 0.4) is 0 Å². The first-order valence-electron chi connectivity index (χ1n) is 8.78. The second kappa shape index (κ2) is 8.96. The largest absolute Gasteiger partial charge is 0.457 e. The molecule has 0 bridgehead atoms. The molecule has 1 heterocycles. The number of carbonyl (C=O) groups is 2. The van der Waals surface area contributed by atoms with Crippen molar-refractivity contribution in [2.24, 2.45) is 5.73 Å². The van der Waals surface area contributed by atoms with Gasteiger partial charge < -0.3 is 20.3 Å². The van der Waals surface area contributed by atoms with Gasteiger partial charge in [0.05, 0.1) is 12.5 Å². The summed E-state index contributed by atoms with van der Waals surface area (Å²) in [6.45, 7) is 1.66. The maximum atomic E-state index is 13.0. The number of ether oxygens (including phenoxy) is 1. The molecule has 0 aliphatic heterocycles. The molecule has 9 heteroatoms. The summed E-state index contributed by atoms with van der Waals surface area (Å²) >= 11 is 0. The van der Waals surface area contributed by atoms with Crippen molar-refractivity contribution >= 4 is 12.0 Å². The van der Waals surface area contributed by atoms with E-state index < -0.39 is 18.0 Å². The van der Waals surface area contributed by atoms with Crippen molar-refractivity contribution < 1.29 is 23.2 Å². The van der Waals surface area contributed by atoms with Crippen LogP contribution in [0.25, 0.3) is 11.5 Å². The van der Waals surface area contributed by atoms with E-state index in [0.29, 0.717) is 5.56 Å². The molecule has 29 heavy (non-hydrogen) atoms. The number of nitrogens with two attached hydrogens (primary N) is 1. The summed E-state index contributed by atoms with van der Waals surface area (Å²) in [7, 11) is 0. The lowest BCUT2D eigenvalue weighted by atomic mass is 9.99. The Morgan fingerprint density at radius 1 is 1.21 bits per heavy atom. The molecule has 0 spiro atoms. The Labute approximate surface area is 165 Å². The van der Waals surface area contributed by atoms with Gasteiger partial charge in [0.1, 0.15) is 5.82 Å². The summed E-state index contributed by atoms with van der Waals surface area (Å²) in [4.78, 5) is 27.7. The predicted octanol–water partition coefficient (Wildman–Crippen LogP) is 3.03. The van der Waals surface area contributed by atoms with Crippen LogP contribution in [0.4, 0.5) is 9.18 Å². The molecule has 0 saturated heterocycles. The first kappa shape index (κ1) is 20.0. The van der Waals surface area contributed by atoms with Gasteiger partial charge in [-0.3, -0.25) is 4.79 Å². The van der Waals surface area contributed by atoms with Crippen LogP contribution in [0.15, 0.2) is 53.1 Å². The summed E-state index contributed by atoms with van der Waals surface area (Å²) in [5, 5.41) is 6.29. The first-order chi connectivity index (χ1) is 13.9. The minimum absolute atomic E-state index is 0.115. The maximum absolute atomic E-state index is 13.0. The smallest absolute Gasteiger partial charge is 0.312 e. The van der Waals surface area contributed by atoms with Crippen LogP contribution in [-0.4, -0.2) is 22.1 Å². The topological polar surface area (TPSA) is 120 Å². The molecule has 3 aromatic rings. The lowest BCUT2D eigenvalue weighted by Gasteiger charge is -2.19. The highest BCUT2D eigenvalue weighted by atomic mass is 19.1. The van der Waals surface area contributed by atoms with Gasteiger partial charge in [0.2, 0.25) is 5.82 Å². The van der Waals surface area contributed by atoms with E-state index in [-0.39, 0.29) is 30.6 Å². The van der Waals surface area contributed by atoms with Gasteiger partial charge in [0, 0.05) is 5.56 Å². The van der Waals surface area contributed by atoms with Crippen LogP contribution in [0.5, 0.6) is 0 Å². The van der Waals surface area contributed by atoms with Crippen LogP contribution < -0.4 is 11.1 Å². The number of carbonyl (C=O) groups excluding carboxylic acids is 2. The zero-order valence-corrected chi connectivity index (χ0v) is 15.6. The minimum Gasteiger partial charge on any atom is -0.457 e. The van der Waals surface area contributed by atoms with Gasteiger partial charge in [0.25, 0.3) is 5.89 Å². The molecule has 1 atom stereocenters. The molecular formula is C20H19FN4O4. The Bertz CT molecular complexity index is 1000. The normalized spacial score (nSPS) is 11.7. The van der Waals surface area contributed by atoms with Gasteiger partial charge in [-0.05, 0) is 42.3 Å². The van der Waals surface area contributed by atoms with Crippen molar-refractivity contribution in [3.63, 3.8) is 0 Å². The Kier molecular flexibility index (Phi) is 6.18. The number of aryl methyl sites for hydroxylation is 1. The molecule has 0 saturated carbocycles. The van der Waals surface area contributed by atoms with E-state index in [0.717, 1.165) is 11.1 Å². The number of hydrogen-bond acceptors (Lipinski definition) is 6. The monoisotopic (exact) mass is 398 g/mol. The van der Waals surface area contributed by atoms with Gasteiger partial charge in [-0.25, -0.2) is 9.18 Å². The molecule has 8 nitrogen and oxygen atoms in total. The minimum atomic E-state index is -0.742. The van der Waals surface area contributed by atoms with Gasteiger partial charge in [-0.1, -0.05) is 29.4 Å². The van der Waals surface area contributed by atoms with E-state index in [2.05, 4.69) is 15.5 Å². The van der Waals surface area contributed by atoms with E-state index >= 15 is 0 Å². The zero-order chi connectivity index (χ0) is 20.8. The summed E-state index contributed by atoms with van der Waals surface area (Å²) in [6, 6.07) is 11.5. The maximum Gasteiger partial charge on any atom is 0.312 e. The third-order valence-corrected chi connectivity index (χ3v) is 4.17. The Morgan fingerprint density at radius 3 is 2.62 bits per heavy atom. The number of benzene rings is 2. The number of halogens is 1. The number of urea groups is 1. The second-order valence-corrected chi connectivity index (χ2v) is 6.31. The average Bonchev–Trinajstić information content (AvgIpc) is 3.15. The third kappa shape index (κ3) is 5.38. The first-order valence-corrected chi connectivity index (χ1v) is 8.78. The van der Waals surface area contributed by atoms with Crippen LogP contribution in [-0.2, 0) is 16.1 Å². The summed E-state index contributed by atoms with van der Waals surface area (Å²) in [5.74, 6) is -0.604. The van der Waals surface area contributed by atoms with Crippen LogP contribution in [0.2, 0.25) is 0 Å². The van der Waals surface area contributed by atoms with Gasteiger partial charge >= 0.3 is 12.0 Å². The number of aromatic nitrogens is 2. The number of nitrogens with zero attached hydrogens (tertiary/aromatic N) is 2. The Morgan fingerprint density at radius 2 is 1.93 bits per heavy atom. The zero-order valence-electron chi connectivity index (χ0n) is 15.6. The van der Waals surface area contributed by atoms with E-state index in [1.165, 1.54) is 24.3 Å². The lowest BCUT2D eigenvalue weighted by Crippen LogP contribution is -2.35. The second-order valence-electron chi connectivity index (χ2n) is 6.31. The van der Waals surface area contributed by atoms with Crippen molar-refractivity contribution in [3.8, 4) is 11.5 Å². The van der Waals surface area contributed by atoms with Crippen molar-refractivity contribution in [2.45, 2.75) is 26.0 Å². The molecule has 1 aromatic heterocycles. The van der Waals surface area contributed by atoms with Crippen molar-refractivity contribution in [3.05, 3.63) is 71.3 Å². The number of primary amides is 1. The fourth-order valence-corrected chi connectivity index (χ4v) is 2.78. The molecule has 1 unspecified atom stereocenters. The summed E-state index contributed by atoms with van der Waals surface area (Å²) in [5.41, 5.74) is 7.44. The highest BCUT2D eigenvalue weighted by Crippen LogP contribution is 2.22. The molecule has 3 N–H and O–H groups in total. The van der Waals surface area contributed by atoms with E-state index in [9.17, 15) is 14.0 Å². The standard InChI is InChI=1S/C20H19FN4O4/c1-12-4-2-3-5-15(12)16(23-20(22)27)10-18(26)28-11-17-24-19(29-25-17)13-6-8-14(21)9-7-13/h2-9,16H,10-11H2,1H3,(H3,22,23,27). The van der Waals surface area contributed by atoms with Crippen LogP contribution >= 0.6 is 0 Å². The fraction of sp³-hybridized carbons (Fsp3) is 0.200. The number of nitrogens with one attached hydrogen (secondary N) is 1. The summed E-state index contributed by atoms with van der Waals surface area (Å²) in [6.07, 6.45) is -0.115. The quantitative estimate of drug-likeness (QED) is 0.590. The number of rotatable bonds is 7. The molecule has 2 aromatic carbocycles. The SMILES string of the molecule is Cc1ccccc1C(CC(=O)OCc1noc(-c2ccc(F)cc2)n1)NC(N)=O. The van der Waals surface area contributed by atoms with Crippen molar-refractivity contribution in [1.29, 1.82) is 0 Å². The number of hydrogen-bond donors (Lipinski definition) is 2. The molecule has 3 rings (SSSR count). The Hall–Kier alpha value is -3.75. The van der Waals surface area contributed by atoms with E-state index in [4.69, 9.17) is 15.0 Å². The van der Waals surface area contributed by atoms with Gasteiger partial charge in [-0.2, -0.15) is 4.98 Å². The van der Waals surface area contributed by atoms with E-state index in [1.807, 2.05) is 19.1 Å². The van der Waals surface area contributed by atoms with Crippen molar-refractivity contribution in [1.82, 2.24) is 15.5 Å². The van der Waals surface area contributed by atoms with Crippen LogP contribution in [0, 0.1) is 12.7 Å². The van der Waals surface area contributed by atoms with Gasteiger partial charge in [0.15, 0.2) is 6.61 Å². The molecule has 0 aliphatic carbocycles. The average molecular weight is 398 g/mol.